The number of methoxy groups -OCH3 is 2. The first-order valence-corrected chi connectivity index (χ1v) is 7.21. The van der Waals surface area contributed by atoms with E-state index in [9.17, 15) is 4.79 Å². The molecule has 0 atom stereocenters. The summed E-state index contributed by atoms with van der Waals surface area (Å²) in [5, 5.41) is 3.38. The minimum absolute atomic E-state index is 0.105. The lowest BCUT2D eigenvalue weighted by molar-refractivity contribution is -0.140. The first-order chi connectivity index (χ1) is 9.76. The molecule has 4 heteroatoms. The molecule has 0 heterocycles. The Bertz CT molecular complexity index is 376. The van der Waals surface area contributed by atoms with Gasteiger partial charge in [-0.15, -0.1) is 0 Å². The molecule has 4 nitrogen and oxygen atoms in total. The number of ether oxygens (including phenoxy) is 2. The van der Waals surface area contributed by atoms with E-state index in [4.69, 9.17) is 4.74 Å². The van der Waals surface area contributed by atoms with Gasteiger partial charge in [0, 0.05) is 18.7 Å². The van der Waals surface area contributed by atoms with Gasteiger partial charge in [0.2, 0.25) is 0 Å². The second kappa shape index (κ2) is 10.1. The van der Waals surface area contributed by atoms with Crippen molar-refractivity contribution in [3.05, 3.63) is 24.3 Å². The lowest BCUT2D eigenvalue weighted by atomic mass is 10.1. The van der Waals surface area contributed by atoms with Crippen molar-refractivity contribution in [1.29, 1.82) is 0 Å². The van der Waals surface area contributed by atoms with Crippen LogP contribution in [0.15, 0.2) is 24.3 Å². The highest BCUT2D eigenvalue weighted by Gasteiger charge is 1.99. The maximum atomic E-state index is 10.9. The van der Waals surface area contributed by atoms with Crippen molar-refractivity contribution < 1.29 is 14.3 Å². The molecule has 0 fully saturated rings. The van der Waals surface area contributed by atoms with Crippen LogP contribution in [-0.2, 0) is 9.53 Å². The maximum absolute atomic E-state index is 10.9. The van der Waals surface area contributed by atoms with Crippen LogP contribution in [0.25, 0.3) is 0 Å². The topological polar surface area (TPSA) is 47.6 Å². The summed E-state index contributed by atoms with van der Waals surface area (Å²) in [7, 11) is 3.11. The van der Waals surface area contributed by atoms with Crippen LogP contribution >= 0.6 is 0 Å². The molecule has 0 aliphatic carbocycles. The zero-order valence-electron chi connectivity index (χ0n) is 12.5. The SMILES string of the molecule is COC(=O)CCCCCCCNc1ccc(OC)cc1. The van der Waals surface area contributed by atoms with E-state index < -0.39 is 0 Å². The molecular weight excluding hydrogens is 254 g/mol. The van der Waals surface area contributed by atoms with Gasteiger partial charge in [-0.3, -0.25) is 4.79 Å². The normalized spacial score (nSPS) is 10.1. The molecule has 1 N–H and O–H groups in total. The van der Waals surface area contributed by atoms with Crippen molar-refractivity contribution in [2.45, 2.75) is 38.5 Å². The predicted octanol–water partition coefficient (Wildman–Crippen LogP) is 3.62. The van der Waals surface area contributed by atoms with E-state index in [2.05, 4.69) is 10.1 Å². The molecule has 0 amide bonds. The molecule has 20 heavy (non-hydrogen) atoms. The fourth-order valence-corrected chi connectivity index (χ4v) is 1.97. The van der Waals surface area contributed by atoms with E-state index in [-0.39, 0.29) is 5.97 Å². The minimum Gasteiger partial charge on any atom is -0.497 e. The summed E-state index contributed by atoms with van der Waals surface area (Å²) in [6, 6.07) is 7.95. The standard InChI is InChI=1S/C16H25NO3/c1-19-15-11-9-14(10-12-15)17-13-7-5-3-4-6-8-16(18)20-2/h9-12,17H,3-8,13H2,1-2H3. The summed E-state index contributed by atoms with van der Waals surface area (Å²) in [5.41, 5.74) is 1.12. The number of anilines is 1. The van der Waals surface area contributed by atoms with Crippen molar-refractivity contribution in [3.8, 4) is 5.75 Å². The Morgan fingerprint density at radius 2 is 1.65 bits per heavy atom. The van der Waals surface area contributed by atoms with Crippen LogP contribution in [-0.4, -0.2) is 26.7 Å². The molecule has 0 radical (unpaired) electrons. The van der Waals surface area contributed by atoms with E-state index in [0.717, 1.165) is 37.2 Å². The van der Waals surface area contributed by atoms with Crippen molar-refractivity contribution in [1.82, 2.24) is 0 Å². The summed E-state index contributed by atoms with van der Waals surface area (Å²) in [4.78, 5) is 10.9. The Morgan fingerprint density at radius 1 is 1.00 bits per heavy atom. The smallest absolute Gasteiger partial charge is 0.305 e. The predicted molar refractivity (Wildman–Crippen MR) is 81.2 cm³/mol. The summed E-state index contributed by atoms with van der Waals surface area (Å²) < 4.78 is 9.72. The minimum atomic E-state index is -0.105. The number of rotatable bonds is 10. The molecule has 0 saturated heterocycles. The van der Waals surface area contributed by atoms with Gasteiger partial charge in [-0.1, -0.05) is 19.3 Å². The summed E-state index contributed by atoms with van der Waals surface area (Å²) in [6.45, 7) is 0.976. The van der Waals surface area contributed by atoms with Crippen molar-refractivity contribution >= 4 is 11.7 Å². The molecule has 1 aromatic carbocycles. The average Bonchev–Trinajstić information content (AvgIpc) is 2.50. The molecule has 0 aliphatic rings. The first-order valence-electron chi connectivity index (χ1n) is 7.21. The molecule has 0 spiro atoms. The number of nitrogens with one attached hydrogen (secondary N) is 1. The van der Waals surface area contributed by atoms with Crippen molar-refractivity contribution in [2.75, 3.05) is 26.1 Å². The van der Waals surface area contributed by atoms with Crippen LogP contribution in [0.4, 0.5) is 5.69 Å². The maximum Gasteiger partial charge on any atom is 0.305 e. The molecule has 0 aliphatic heterocycles. The molecule has 0 aromatic heterocycles. The second-order valence-corrected chi connectivity index (χ2v) is 4.75. The molecular formula is C16H25NO3. The fourth-order valence-electron chi connectivity index (χ4n) is 1.97. The third-order valence-electron chi connectivity index (χ3n) is 3.20. The second-order valence-electron chi connectivity index (χ2n) is 4.75. The first kappa shape index (κ1) is 16.3. The molecule has 1 rings (SSSR count). The van der Waals surface area contributed by atoms with Crippen LogP contribution in [0.3, 0.4) is 0 Å². The van der Waals surface area contributed by atoms with E-state index in [1.165, 1.54) is 20.0 Å². The summed E-state index contributed by atoms with van der Waals surface area (Å²) in [5.74, 6) is 0.771. The Kier molecular flexibility index (Phi) is 8.27. The van der Waals surface area contributed by atoms with Gasteiger partial charge in [0.05, 0.1) is 14.2 Å². The summed E-state index contributed by atoms with van der Waals surface area (Å²) >= 11 is 0. The molecule has 112 valence electrons. The van der Waals surface area contributed by atoms with Crippen molar-refractivity contribution in [3.63, 3.8) is 0 Å². The van der Waals surface area contributed by atoms with E-state index >= 15 is 0 Å². The lowest BCUT2D eigenvalue weighted by Crippen LogP contribution is -2.01. The van der Waals surface area contributed by atoms with Gasteiger partial charge < -0.3 is 14.8 Å². The number of unbranched alkanes of at least 4 members (excludes halogenated alkanes) is 4. The average molecular weight is 279 g/mol. The molecule has 0 saturated carbocycles. The number of esters is 1. The Hall–Kier alpha value is -1.71. The summed E-state index contributed by atoms with van der Waals surface area (Å²) in [6.07, 6.45) is 6.06. The number of carbonyl (C=O) groups excluding carboxylic acids is 1. The number of benzene rings is 1. The van der Waals surface area contributed by atoms with Crippen LogP contribution in [0.1, 0.15) is 38.5 Å². The molecule has 0 bridgehead atoms. The van der Waals surface area contributed by atoms with Gasteiger partial charge in [-0.2, -0.15) is 0 Å². The van der Waals surface area contributed by atoms with E-state index in [1.54, 1.807) is 7.11 Å². The van der Waals surface area contributed by atoms with Crippen LogP contribution < -0.4 is 10.1 Å². The van der Waals surface area contributed by atoms with E-state index in [0.29, 0.717) is 6.42 Å². The number of carbonyl (C=O) groups is 1. The van der Waals surface area contributed by atoms with Gasteiger partial charge in [0.1, 0.15) is 5.75 Å². The largest absolute Gasteiger partial charge is 0.497 e. The van der Waals surface area contributed by atoms with Crippen LogP contribution in [0.2, 0.25) is 0 Å². The van der Waals surface area contributed by atoms with Gasteiger partial charge in [0.25, 0.3) is 0 Å². The zero-order valence-corrected chi connectivity index (χ0v) is 12.5. The highest BCUT2D eigenvalue weighted by atomic mass is 16.5. The molecule has 0 unspecified atom stereocenters. The number of hydrogen-bond donors (Lipinski definition) is 1. The quantitative estimate of drug-likeness (QED) is 0.525. The molecule has 1 aromatic rings. The van der Waals surface area contributed by atoms with Crippen LogP contribution in [0.5, 0.6) is 5.75 Å². The Morgan fingerprint density at radius 3 is 2.30 bits per heavy atom. The highest BCUT2D eigenvalue weighted by molar-refractivity contribution is 5.68. The van der Waals surface area contributed by atoms with Gasteiger partial charge in [-0.05, 0) is 37.1 Å². The van der Waals surface area contributed by atoms with E-state index in [1.807, 2.05) is 24.3 Å². The Labute approximate surface area is 121 Å². The highest BCUT2D eigenvalue weighted by Crippen LogP contribution is 2.15. The third-order valence-corrected chi connectivity index (χ3v) is 3.20. The van der Waals surface area contributed by atoms with Crippen molar-refractivity contribution in [2.24, 2.45) is 0 Å². The Balaban J connectivity index is 1.97. The van der Waals surface area contributed by atoms with Gasteiger partial charge in [-0.25, -0.2) is 0 Å². The third kappa shape index (κ3) is 7.02. The monoisotopic (exact) mass is 279 g/mol. The van der Waals surface area contributed by atoms with Gasteiger partial charge >= 0.3 is 5.97 Å². The van der Waals surface area contributed by atoms with Crippen LogP contribution in [0, 0.1) is 0 Å². The lowest BCUT2D eigenvalue weighted by Gasteiger charge is -2.07. The zero-order chi connectivity index (χ0) is 14.6. The number of hydrogen-bond acceptors (Lipinski definition) is 4. The van der Waals surface area contributed by atoms with Gasteiger partial charge in [0.15, 0.2) is 0 Å². The fraction of sp³-hybridized carbons (Fsp3) is 0.562.